The molecule has 0 bridgehead atoms. The topological polar surface area (TPSA) is 15.3 Å². The van der Waals surface area contributed by atoms with Crippen LogP contribution in [0.4, 0.5) is 4.39 Å². The molecule has 1 rings (SSSR count). The summed E-state index contributed by atoms with van der Waals surface area (Å²) in [5.74, 6) is -0.112. The third kappa shape index (κ3) is 5.29. The van der Waals surface area contributed by atoms with Gasteiger partial charge in [-0.15, -0.1) is 0 Å². The Balaban J connectivity index is 2.58. The smallest absolute Gasteiger partial charge is 0.127 e. The number of hydrogen-bond acceptors (Lipinski definition) is 2. The van der Waals surface area contributed by atoms with Crippen molar-refractivity contribution in [2.24, 2.45) is 5.41 Å². The molecule has 0 fully saturated rings. The zero-order valence-corrected chi connectivity index (χ0v) is 12.7. The number of nitrogens with zero attached hydrogens (tertiary/aromatic N) is 1. The molecule has 0 spiro atoms. The molecule has 1 N–H and O–H groups in total. The maximum atomic E-state index is 13.6. The van der Waals surface area contributed by atoms with Gasteiger partial charge in [-0.2, -0.15) is 0 Å². The van der Waals surface area contributed by atoms with Crippen LogP contribution in [0.5, 0.6) is 0 Å². The molecule has 108 valence electrons. The highest BCUT2D eigenvalue weighted by Gasteiger charge is 2.23. The Morgan fingerprint density at radius 2 is 1.95 bits per heavy atom. The van der Waals surface area contributed by atoms with E-state index in [-0.39, 0.29) is 11.2 Å². The molecule has 3 heteroatoms. The molecule has 0 aliphatic carbocycles. The average molecular weight is 266 g/mol. The summed E-state index contributed by atoms with van der Waals surface area (Å²) in [6.45, 7) is 10.2. The number of benzene rings is 1. The van der Waals surface area contributed by atoms with E-state index < -0.39 is 0 Å². The van der Waals surface area contributed by atoms with Gasteiger partial charge in [-0.25, -0.2) is 4.39 Å². The standard InChI is InChI=1S/C16H27FN2/c1-5-16(3,12-18-6-2)13-19(4)11-14-9-7-8-10-15(14)17/h7-10,18H,5-6,11-13H2,1-4H3. The third-order valence-corrected chi connectivity index (χ3v) is 3.71. The average Bonchev–Trinajstić information content (AvgIpc) is 2.39. The number of hydrogen-bond donors (Lipinski definition) is 1. The van der Waals surface area contributed by atoms with Crippen molar-refractivity contribution in [2.45, 2.75) is 33.7 Å². The molecule has 0 aliphatic heterocycles. The first-order chi connectivity index (χ1) is 9.00. The van der Waals surface area contributed by atoms with E-state index in [0.29, 0.717) is 6.54 Å². The molecule has 0 saturated heterocycles. The van der Waals surface area contributed by atoms with E-state index in [2.05, 4.69) is 38.0 Å². The van der Waals surface area contributed by atoms with Gasteiger partial charge in [0.15, 0.2) is 0 Å². The van der Waals surface area contributed by atoms with Gasteiger partial charge in [0.25, 0.3) is 0 Å². The first-order valence-corrected chi connectivity index (χ1v) is 7.13. The van der Waals surface area contributed by atoms with Crippen LogP contribution in [0.1, 0.15) is 32.8 Å². The molecule has 0 aromatic heterocycles. The van der Waals surface area contributed by atoms with E-state index in [9.17, 15) is 4.39 Å². The van der Waals surface area contributed by atoms with Gasteiger partial charge in [-0.05, 0) is 31.5 Å². The van der Waals surface area contributed by atoms with Crippen molar-refractivity contribution >= 4 is 0 Å². The zero-order valence-electron chi connectivity index (χ0n) is 12.7. The summed E-state index contributed by atoms with van der Waals surface area (Å²) in [4.78, 5) is 2.21. The van der Waals surface area contributed by atoms with Crippen LogP contribution in [0, 0.1) is 11.2 Å². The monoisotopic (exact) mass is 266 g/mol. The third-order valence-electron chi connectivity index (χ3n) is 3.71. The molecule has 0 radical (unpaired) electrons. The van der Waals surface area contributed by atoms with E-state index >= 15 is 0 Å². The highest BCUT2D eigenvalue weighted by atomic mass is 19.1. The van der Waals surface area contributed by atoms with Gasteiger partial charge in [0.2, 0.25) is 0 Å². The Hall–Kier alpha value is -0.930. The normalized spacial score (nSPS) is 14.6. The van der Waals surface area contributed by atoms with Crippen molar-refractivity contribution in [2.75, 3.05) is 26.7 Å². The summed E-state index contributed by atoms with van der Waals surface area (Å²) in [6, 6.07) is 7.02. The number of nitrogens with one attached hydrogen (secondary N) is 1. The van der Waals surface area contributed by atoms with Gasteiger partial charge >= 0.3 is 0 Å². The predicted octanol–water partition coefficient (Wildman–Crippen LogP) is 3.28. The summed E-state index contributed by atoms with van der Waals surface area (Å²) in [5, 5.41) is 3.42. The summed E-state index contributed by atoms with van der Waals surface area (Å²) >= 11 is 0. The van der Waals surface area contributed by atoms with E-state index in [4.69, 9.17) is 0 Å². The lowest BCUT2D eigenvalue weighted by molar-refractivity contribution is 0.174. The van der Waals surface area contributed by atoms with Crippen LogP contribution in [0.3, 0.4) is 0 Å². The second-order valence-corrected chi connectivity index (χ2v) is 5.71. The van der Waals surface area contributed by atoms with Crippen LogP contribution in [-0.2, 0) is 6.54 Å². The Labute approximate surface area is 117 Å². The summed E-state index contributed by atoms with van der Waals surface area (Å²) in [7, 11) is 2.06. The SMILES string of the molecule is CCNCC(C)(CC)CN(C)Cc1ccccc1F. The quantitative estimate of drug-likeness (QED) is 0.777. The molecule has 0 saturated carbocycles. The van der Waals surface area contributed by atoms with E-state index in [0.717, 1.165) is 31.6 Å². The van der Waals surface area contributed by atoms with Crippen molar-refractivity contribution in [3.8, 4) is 0 Å². The van der Waals surface area contributed by atoms with E-state index in [1.807, 2.05) is 12.1 Å². The summed E-state index contributed by atoms with van der Waals surface area (Å²) < 4.78 is 13.6. The first kappa shape index (κ1) is 16.1. The summed E-state index contributed by atoms with van der Waals surface area (Å²) in [6.07, 6.45) is 1.11. The maximum Gasteiger partial charge on any atom is 0.127 e. The van der Waals surface area contributed by atoms with Gasteiger partial charge in [0.1, 0.15) is 5.82 Å². The lowest BCUT2D eigenvalue weighted by atomic mass is 9.86. The van der Waals surface area contributed by atoms with Crippen LogP contribution in [0.25, 0.3) is 0 Å². The molecule has 0 heterocycles. The highest BCUT2D eigenvalue weighted by Crippen LogP contribution is 2.22. The van der Waals surface area contributed by atoms with Crippen LogP contribution in [0.2, 0.25) is 0 Å². The largest absolute Gasteiger partial charge is 0.316 e. The molecular formula is C16H27FN2. The van der Waals surface area contributed by atoms with Crippen molar-refractivity contribution in [1.82, 2.24) is 10.2 Å². The van der Waals surface area contributed by atoms with Gasteiger partial charge in [0.05, 0.1) is 0 Å². The summed E-state index contributed by atoms with van der Waals surface area (Å²) in [5.41, 5.74) is 1.00. The molecular weight excluding hydrogens is 239 g/mol. The minimum atomic E-state index is -0.112. The van der Waals surface area contributed by atoms with Crippen molar-refractivity contribution in [3.05, 3.63) is 35.6 Å². The fraction of sp³-hybridized carbons (Fsp3) is 0.625. The molecule has 19 heavy (non-hydrogen) atoms. The van der Waals surface area contributed by atoms with Gasteiger partial charge in [-0.3, -0.25) is 0 Å². The second-order valence-electron chi connectivity index (χ2n) is 5.71. The fourth-order valence-electron chi connectivity index (χ4n) is 2.34. The van der Waals surface area contributed by atoms with Crippen LogP contribution >= 0.6 is 0 Å². The van der Waals surface area contributed by atoms with Crippen molar-refractivity contribution in [1.29, 1.82) is 0 Å². The van der Waals surface area contributed by atoms with Crippen molar-refractivity contribution in [3.63, 3.8) is 0 Å². The molecule has 2 nitrogen and oxygen atoms in total. The van der Waals surface area contributed by atoms with Crippen LogP contribution in [-0.4, -0.2) is 31.6 Å². The Morgan fingerprint density at radius 1 is 1.26 bits per heavy atom. The van der Waals surface area contributed by atoms with Gasteiger partial charge < -0.3 is 10.2 Å². The van der Waals surface area contributed by atoms with Crippen molar-refractivity contribution < 1.29 is 4.39 Å². The molecule has 0 amide bonds. The number of halogens is 1. The minimum Gasteiger partial charge on any atom is -0.316 e. The van der Waals surface area contributed by atoms with E-state index in [1.54, 1.807) is 6.07 Å². The first-order valence-electron chi connectivity index (χ1n) is 7.13. The zero-order chi connectivity index (χ0) is 14.3. The predicted molar refractivity (Wildman–Crippen MR) is 79.7 cm³/mol. The van der Waals surface area contributed by atoms with E-state index in [1.165, 1.54) is 6.07 Å². The Kier molecular flexibility index (Phi) is 6.46. The van der Waals surface area contributed by atoms with Gasteiger partial charge in [-0.1, -0.05) is 39.0 Å². The fourth-order valence-corrected chi connectivity index (χ4v) is 2.34. The Bertz CT molecular complexity index is 381. The Morgan fingerprint density at radius 3 is 2.53 bits per heavy atom. The maximum absolute atomic E-state index is 13.6. The lowest BCUT2D eigenvalue weighted by Gasteiger charge is -2.33. The molecule has 1 aromatic carbocycles. The van der Waals surface area contributed by atoms with Gasteiger partial charge in [0, 0.05) is 25.2 Å². The molecule has 1 unspecified atom stereocenters. The molecule has 0 aliphatic rings. The minimum absolute atomic E-state index is 0.112. The lowest BCUT2D eigenvalue weighted by Crippen LogP contribution is -2.40. The second kappa shape index (κ2) is 7.61. The molecule has 1 atom stereocenters. The molecule has 1 aromatic rings. The van der Waals surface area contributed by atoms with Crippen LogP contribution in [0.15, 0.2) is 24.3 Å². The number of rotatable bonds is 8. The highest BCUT2D eigenvalue weighted by molar-refractivity contribution is 5.17. The van der Waals surface area contributed by atoms with Crippen LogP contribution < -0.4 is 5.32 Å².